The average Bonchev–Trinajstić information content (AvgIpc) is 3.03. The van der Waals surface area contributed by atoms with Crippen LogP contribution in [-0.4, -0.2) is 12.1 Å². The molecule has 0 aromatic heterocycles. The minimum atomic E-state index is -0.256. The van der Waals surface area contributed by atoms with Crippen molar-refractivity contribution in [3.8, 4) is 0 Å². The molecule has 2 rings (SSSR count). The summed E-state index contributed by atoms with van der Waals surface area (Å²) in [5.74, 6) is 0. The van der Waals surface area contributed by atoms with Gasteiger partial charge in [-0.05, 0) is 18.4 Å². The first-order valence-electron chi connectivity index (χ1n) is 5.07. The molecule has 2 N–H and O–H groups in total. The Morgan fingerprint density at radius 3 is 2.73 bits per heavy atom. The lowest BCUT2D eigenvalue weighted by atomic mass is 10.2. The molecule has 0 heterocycles. The van der Waals surface area contributed by atoms with Crippen LogP contribution < -0.4 is 10.8 Å². The lowest BCUT2D eigenvalue weighted by molar-refractivity contribution is 0.0489. The third-order valence-electron chi connectivity index (χ3n) is 2.16. The van der Waals surface area contributed by atoms with Gasteiger partial charge in [0.25, 0.3) is 0 Å². The normalized spacial score (nSPS) is 14.7. The average molecular weight is 206 g/mol. The molecule has 1 aliphatic carbocycles. The molecule has 15 heavy (non-hydrogen) atoms. The maximum atomic E-state index is 11.1. The first-order valence-corrected chi connectivity index (χ1v) is 5.07. The van der Waals surface area contributed by atoms with Gasteiger partial charge in [0.2, 0.25) is 0 Å². The number of rotatable bonds is 4. The first-order chi connectivity index (χ1) is 7.34. The van der Waals surface area contributed by atoms with Crippen LogP contribution in [0.2, 0.25) is 0 Å². The van der Waals surface area contributed by atoms with E-state index in [-0.39, 0.29) is 6.03 Å². The fourth-order valence-electron chi connectivity index (χ4n) is 1.20. The number of hydroxylamine groups is 1. The SMILES string of the molecule is O=C(NOCc1ccccc1)NC1CC1. The number of carbonyl (C=O) groups is 1. The van der Waals surface area contributed by atoms with Crippen LogP contribution in [0.3, 0.4) is 0 Å². The molecule has 1 aliphatic rings. The van der Waals surface area contributed by atoms with Crippen LogP contribution in [0.25, 0.3) is 0 Å². The fourth-order valence-corrected chi connectivity index (χ4v) is 1.20. The second-order valence-electron chi connectivity index (χ2n) is 3.62. The van der Waals surface area contributed by atoms with Gasteiger partial charge in [-0.15, -0.1) is 0 Å². The molecule has 1 saturated carbocycles. The number of benzene rings is 1. The maximum Gasteiger partial charge on any atom is 0.338 e. The summed E-state index contributed by atoms with van der Waals surface area (Å²) in [5, 5.41) is 2.77. The van der Waals surface area contributed by atoms with Gasteiger partial charge in [0.15, 0.2) is 0 Å². The summed E-state index contributed by atoms with van der Waals surface area (Å²) < 4.78 is 0. The van der Waals surface area contributed by atoms with Crippen molar-refractivity contribution >= 4 is 6.03 Å². The lowest BCUT2D eigenvalue weighted by Gasteiger charge is -2.06. The van der Waals surface area contributed by atoms with Gasteiger partial charge in [0, 0.05) is 6.04 Å². The zero-order valence-electron chi connectivity index (χ0n) is 8.40. The highest BCUT2D eigenvalue weighted by Gasteiger charge is 2.23. The van der Waals surface area contributed by atoms with Crippen LogP contribution in [0.15, 0.2) is 30.3 Å². The van der Waals surface area contributed by atoms with Gasteiger partial charge in [-0.25, -0.2) is 10.3 Å². The van der Waals surface area contributed by atoms with Crippen LogP contribution in [0, 0.1) is 0 Å². The van der Waals surface area contributed by atoms with Gasteiger partial charge in [0.05, 0.1) is 6.61 Å². The van der Waals surface area contributed by atoms with Crippen LogP contribution in [0.4, 0.5) is 4.79 Å². The quantitative estimate of drug-likeness (QED) is 0.735. The Morgan fingerprint density at radius 1 is 1.33 bits per heavy atom. The fraction of sp³-hybridized carbons (Fsp3) is 0.364. The van der Waals surface area contributed by atoms with Gasteiger partial charge < -0.3 is 5.32 Å². The highest BCUT2D eigenvalue weighted by Crippen LogP contribution is 2.18. The molecule has 0 unspecified atom stereocenters. The topological polar surface area (TPSA) is 50.4 Å². The number of hydrogen-bond donors (Lipinski definition) is 2. The minimum Gasteiger partial charge on any atom is -0.334 e. The van der Waals surface area contributed by atoms with E-state index in [0.29, 0.717) is 12.6 Å². The van der Waals surface area contributed by atoms with Gasteiger partial charge >= 0.3 is 6.03 Å². The monoisotopic (exact) mass is 206 g/mol. The molecule has 1 aromatic rings. The second-order valence-corrected chi connectivity index (χ2v) is 3.62. The summed E-state index contributed by atoms with van der Waals surface area (Å²) in [7, 11) is 0. The van der Waals surface area contributed by atoms with E-state index < -0.39 is 0 Å². The van der Waals surface area contributed by atoms with Gasteiger partial charge in [-0.2, -0.15) is 0 Å². The standard InChI is InChI=1S/C11H14N2O2/c14-11(12-10-6-7-10)13-15-8-9-4-2-1-3-5-9/h1-5,10H,6-8H2,(H2,12,13,14). The molecule has 0 aliphatic heterocycles. The summed E-state index contributed by atoms with van der Waals surface area (Å²) >= 11 is 0. The molecule has 0 radical (unpaired) electrons. The van der Waals surface area contributed by atoms with E-state index in [9.17, 15) is 4.79 Å². The molecule has 4 heteroatoms. The smallest absolute Gasteiger partial charge is 0.334 e. The van der Waals surface area contributed by atoms with E-state index in [4.69, 9.17) is 4.84 Å². The zero-order valence-corrected chi connectivity index (χ0v) is 8.40. The van der Waals surface area contributed by atoms with Gasteiger partial charge in [0.1, 0.15) is 0 Å². The number of urea groups is 1. The van der Waals surface area contributed by atoms with Gasteiger partial charge in [-0.3, -0.25) is 4.84 Å². The Bertz CT molecular complexity index is 323. The Balaban J connectivity index is 1.63. The molecule has 0 spiro atoms. The molecule has 1 aromatic carbocycles. The molecule has 4 nitrogen and oxygen atoms in total. The summed E-state index contributed by atoms with van der Waals surface area (Å²) in [6, 6.07) is 9.79. The highest BCUT2D eigenvalue weighted by molar-refractivity contribution is 5.73. The summed E-state index contributed by atoms with van der Waals surface area (Å²) in [5.41, 5.74) is 3.38. The number of amides is 2. The third kappa shape index (κ3) is 3.59. The maximum absolute atomic E-state index is 11.1. The first kappa shape index (κ1) is 9.98. The van der Waals surface area contributed by atoms with E-state index in [2.05, 4.69) is 10.8 Å². The van der Waals surface area contributed by atoms with Crippen LogP contribution in [-0.2, 0) is 11.4 Å². The molecular formula is C11H14N2O2. The van der Waals surface area contributed by atoms with Crippen molar-refractivity contribution in [2.45, 2.75) is 25.5 Å². The van der Waals surface area contributed by atoms with Crippen molar-refractivity contribution in [1.82, 2.24) is 10.8 Å². The van der Waals surface area contributed by atoms with Gasteiger partial charge in [-0.1, -0.05) is 30.3 Å². The minimum absolute atomic E-state index is 0.256. The van der Waals surface area contributed by atoms with Crippen LogP contribution >= 0.6 is 0 Å². The van der Waals surface area contributed by atoms with E-state index in [1.54, 1.807) is 0 Å². The molecule has 0 atom stereocenters. The molecule has 0 bridgehead atoms. The third-order valence-corrected chi connectivity index (χ3v) is 2.16. The number of nitrogens with one attached hydrogen (secondary N) is 2. The van der Waals surface area contributed by atoms with Crippen molar-refractivity contribution in [2.75, 3.05) is 0 Å². The predicted octanol–water partition coefficient (Wildman–Crippen LogP) is 1.58. The second kappa shape index (κ2) is 4.79. The highest BCUT2D eigenvalue weighted by atomic mass is 16.7. The predicted molar refractivity (Wildman–Crippen MR) is 55.9 cm³/mol. The Morgan fingerprint density at radius 2 is 2.07 bits per heavy atom. The van der Waals surface area contributed by atoms with Crippen LogP contribution in [0.5, 0.6) is 0 Å². The van der Waals surface area contributed by atoms with Crippen molar-refractivity contribution in [1.29, 1.82) is 0 Å². The molecule has 1 fully saturated rings. The molecule has 0 saturated heterocycles. The van der Waals surface area contributed by atoms with Crippen molar-refractivity contribution in [3.63, 3.8) is 0 Å². The summed E-state index contributed by atoms with van der Waals surface area (Å²) in [6.07, 6.45) is 2.15. The summed E-state index contributed by atoms with van der Waals surface area (Å²) in [4.78, 5) is 16.2. The Kier molecular flexibility index (Phi) is 3.19. The zero-order chi connectivity index (χ0) is 10.5. The Labute approximate surface area is 88.6 Å². The molecule has 2 amide bonds. The van der Waals surface area contributed by atoms with E-state index >= 15 is 0 Å². The van der Waals surface area contributed by atoms with E-state index in [1.807, 2.05) is 30.3 Å². The van der Waals surface area contributed by atoms with E-state index in [0.717, 1.165) is 18.4 Å². The Hall–Kier alpha value is -1.55. The largest absolute Gasteiger partial charge is 0.338 e. The van der Waals surface area contributed by atoms with Crippen molar-refractivity contribution < 1.29 is 9.63 Å². The number of hydrogen-bond acceptors (Lipinski definition) is 2. The summed E-state index contributed by atoms with van der Waals surface area (Å²) in [6.45, 7) is 0.388. The van der Waals surface area contributed by atoms with Crippen molar-refractivity contribution in [2.24, 2.45) is 0 Å². The number of carbonyl (C=O) groups excluding carboxylic acids is 1. The molecular weight excluding hydrogens is 192 g/mol. The van der Waals surface area contributed by atoms with Crippen LogP contribution in [0.1, 0.15) is 18.4 Å². The van der Waals surface area contributed by atoms with E-state index in [1.165, 1.54) is 0 Å². The lowest BCUT2D eigenvalue weighted by Crippen LogP contribution is -2.36. The molecule has 80 valence electrons. The van der Waals surface area contributed by atoms with Crippen molar-refractivity contribution in [3.05, 3.63) is 35.9 Å².